The molecule has 27 heavy (non-hydrogen) atoms. The predicted octanol–water partition coefficient (Wildman–Crippen LogP) is 4.70. The average Bonchev–Trinajstić information content (AvgIpc) is 3.21. The summed E-state index contributed by atoms with van der Waals surface area (Å²) in [6.07, 6.45) is 5.65. The van der Waals surface area contributed by atoms with Crippen molar-refractivity contribution in [1.82, 2.24) is 19.9 Å². The van der Waals surface area contributed by atoms with E-state index in [0.29, 0.717) is 21.8 Å². The molecule has 5 nitrogen and oxygen atoms in total. The van der Waals surface area contributed by atoms with Gasteiger partial charge < -0.3 is 4.90 Å². The van der Waals surface area contributed by atoms with Crippen LogP contribution in [0.1, 0.15) is 48.8 Å². The standard InChI is InChI=1S/C21H21ClN4O/c1-13(2)20-23-11-14(12-24-20)18-10-17(21(27)26-7-3-4-8-26)16-6-5-15(22)9-19(16)25-18/h5-6,9-13H,3-4,7-8H2,1-2H3. The number of hydrogen-bond acceptors (Lipinski definition) is 4. The van der Waals surface area contributed by atoms with E-state index in [1.807, 2.05) is 17.0 Å². The Morgan fingerprint density at radius 3 is 2.48 bits per heavy atom. The van der Waals surface area contributed by atoms with Crippen molar-refractivity contribution in [2.24, 2.45) is 0 Å². The highest BCUT2D eigenvalue weighted by molar-refractivity contribution is 6.31. The Bertz CT molecular complexity index is 995. The van der Waals surface area contributed by atoms with Crippen molar-refractivity contribution >= 4 is 28.4 Å². The van der Waals surface area contributed by atoms with Crippen molar-refractivity contribution in [3.63, 3.8) is 0 Å². The maximum absolute atomic E-state index is 13.1. The average molecular weight is 381 g/mol. The molecule has 0 atom stereocenters. The van der Waals surface area contributed by atoms with Crippen LogP contribution in [0.2, 0.25) is 5.02 Å². The summed E-state index contributed by atoms with van der Waals surface area (Å²) < 4.78 is 0. The van der Waals surface area contributed by atoms with E-state index in [1.165, 1.54) is 0 Å². The summed E-state index contributed by atoms with van der Waals surface area (Å²) in [5, 5.41) is 1.41. The molecule has 0 N–H and O–H groups in total. The monoisotopic (exact) mass is 380 g/mol. The van der Waals surface area contributed by atoms with Crippen LogP contribution in [0.4, 0.5) is 0 Å². The first-order valence-corrected chi connectivity index (χ1v) is 9.62. The number of nitrogens with zero attached hydrogens (tertiary/aromatic N) is 4. The Labute approximate surface area is 163 Å². The SMILES string of the molecule is CC(C)c1ncc(-c2cc(C(=O)N3CCCC3)c3ccc(Cl)cc3n2)cn1. The zero-order valence-corrected chi connectivity index (χ0v) is 16.2. The zero-order chi connectivity index (χ0) is 19.0. The van der Waals surface area contributed by atoms with Crippen molar-refractivity contribution in [3.05, 3.63) is 53.1 Å². The smallest absolute Gasteiger partial charge is 0.254 e. The molecular weight excluding hydrogens is 360 g/mol. The molecule has 0 unspecified atom stereocenters. The molecule has 2 aromatic heterocycles. The number of aromatic nitrogens is 3. The number of likely N-dealkylation sites (tertiary alicyclic amines) is 1. The fourth-order valence-electron chi connectivity index (χ4n) is 3.39. The molecule has 3 heterocycles. The highest BCUT2D eigenvalue weighted by Crippen LogP contribution is 2.28. The molecule has 0 radical (unpaired) electrons. The molecular formula is C21H21ClN4O. The number of rotatable bonds is 3. The van der Waals surface area contributed by atoms with Gasteiger partial charge in [-0.25, -0.2) is 15.0 Å². The fourth-order valence-corrected chi connectivity index (χ4v) is 3.55. The van der Waals surface area contributed by atoms with Crippen LogP contribution in [0, 0.1) is 0 Å². The van der Waals surface area contributed by atoms with E-state index in [1.54, 1.807) is 24.5 Å². The lowest BCUT2D eigenvalue weighted by atomic mass is 10.0. The van der Waals surface area contributed by atoms with E-state index in [2.05, 4.69) is 23.8 Å². The lowest BCUT2D eigenvalue weighted by Gasteiger charge is -2.17. The number of hydrogen-bond donors (Lipinski definition) is 0. The minimum atomic E-state index is 0.0446. The maximum atomic E-state index is 13.1. The molecule has 1 aliphatic heterocycles. The van der Waals surface area contributed by atoms with Crippen molar-refractivity contribution in [1.29, 1.82) is 0 Å². The van der Waals surface area contributed by atoms with Gasteiger partial charge in [-0.05, 0) is 31.0 Å². The molecule has 1 amide bonds. The molecule has 1 saturated heterocycles. The lowest BCUT2D eigenvalue weighted by molar-refractivity contribution is 0.0794. The molecule has 4 rings (SSSR count). The van der Waals surface area contributed by atoms with E-state index in [9.17, 15) is 4.79 Å². The number of halogens is 1. The highest BCUT2D eigenvalue weighted by atomic mass is 35.5. The fraction of sp³-hybridized carbons (Fsp3) is 0.333. The second-order valence-electron chi connectivity index (χ2n) is 7.20. The molecule has 0 saturated carbocycles. The van der Waals surface area contributed by atoms with Crippen LogP contribution in [-0.4, -0.2) is 38.8 Å². The van der Waals surface area contributed by atoms with Crippen LogP contribution >= 0.6 is 11.6 Å². The molecule has 138 valence electrons. The Kier molecular flexibility index (Phi) is 4.79. The number of fused-ring (bicyclic) bond motifs is 1. The van der Waals surface area contributed by atoms with Crippen molar-refractivity contribution < 1.29 is 4.79 Å². The summed E-state index contributed by atoms with van der Waals surface area (Å²) in [6, 6.07) is 7.32. The summed E-state index contributed by atoms with van der Waals surface area (Å²) in [6.45, 7) is 5.71. The van der Waals surface area contributed by atoms with Gasteiger partial charge in [0, 0.05) is 47.4 Å². The minimum Gasteiger partial charge on any atom is -0.339 e. The first kappa shape index (κ1) is 17.9. The van der Waals surface area contributed by atoms with Crippen molar-refractivity contribution in [2.75, 3.05) is 13.1 Å². The molecule has 1 aromatic carbocycles. The van der Waals surface area contributed by atoms with E-state index in [-0.39, 0.29) is 11.8 Å². The van der Waals surface area contributed by atoms with Gasteiger partial charge in [0.25, 0.3) is 5.91 Å². The van der Waals surface area contributed by atoms with E-state index in [4.69, 9.17) is 16.6 Å². The summed E-state index contributed by atoms with van der Waals surface area (Å²) in [4.78, 5) is 28.6. The zero-order valence-electron chi connectivity index (χ0n) is 15.4. The van der Waals surface area contributed by atoms with Gasteiger partial charge in [-0.15, -0.1) is 0 Å². The van der Waals surface area contributed by atoms with Gasteiger partial charge in [0.2, 0.25) is 0 Å². The van der Waals surface area contributed by atoms with Crippen LogP contribution in [-0.2, 0) is 0 Å². The number of amides is 1. The summed E-state index contributed by atoms with van der Waals surface area (Å²) in [7, 11) is 0. The van der Waals surface area contributed by atoms with E-state index in [0.717, 1.165) is 42.7 Å². The van der Waals surface area contributed by atoms with Gasteiger partial charge in [-0.1, -0.05) is 31.5 Å². The Morgan fingerprint density at radius 1 is 1.11 bits per heavy atom. The third-order valence-electron chi connectivity index (χ3n) is 4.88. The van der Waals surface area contributed by atoms with Gasteiger partial charge >= 0.3 is 0 Å². The molecule has 3 aromatic rings. The Balaban J connectivity index is 1.84. The van der Waals surface area contributed by atoms with E-state index >= 15 is 0 Å². The van der Waals surface area contributed by atoms with Gasteiger partial charge in [0.1, 0.15) is 5.82 Å². The molecule has 6 heteroatoms. The van der Waals surface area contributed by atoms with Gasteiger partial charge in [-0.3, -0.25) is 4.79 Å². The molecule has 1 aliphatic rings. The van der Waals surface area contributed by atoms with Crippen LogP contribution in [0.15, 0.2) is 36.7 Å². The van der Waals surface area contributed by atoms with Crippen molar-refractivity contribution in [2.45, 2.75) is 32.6 Å². The van der Waals surface area contributed by atoms with Crippen LogP contribution in [0.5, 0.6) is 0 Å². The second kappa shape index (κ2) is 7.24. The normalized spacial score (nSPS) is 14.3. The minimum absolute atomic E-state index is 0.0446. The number of pyridine rings is 1. The predicted molar refractivity (Wildman–Crippen MR) is 107 cm³/mol. The molecule has 0 bridgehead atoms. The van der Waals surface area contributed by atoms with Crippen molar-refractivity contribution in [3.8, 4) is 11.3 Å². The first-order valence-electron chi connectivity index (χ1n) is 9.25. The number of benzene rings is 1. The topological polar surface area (TPSA) is 59.0 Å². The second-order valence-corrected chi connectivity index (χ2v) is 7.64. The lowest BCUT2D eigenvalue weighted by Crippen LogP contribution is -2.27. The quantitative estimate of drug-likeness (QED) is 0.660. The Hall–Kier alpha value is -2.53. The number of carbonyl (C=O) groups is 1. The van der Waals surface area contributed by atoms with Crippen LogP contribution in [0.25, 0.3) is 22.2 Å². The molecule has 0 aliphatic carbocycles. The van der Waals surface area contributed by atoms with Gasteiger partial charge in [0.15, 0.2) is 0 Å². The van der Waals surface area contributed by atoms with Gasteiger partial charge in [-0.2, -0.15) is 0 Å². The maximum Gasteiger partial charge on any atom is 0.254 e. The van der Waals surface area contributed by atoms with Crippen LogP contribution < -0.4 is 0 Å². The summed E-state index contributed by atoms with van der Waals surface area (Å²) >= 11 is 6.17. The van der Waals surface area contributed by atoms with Gasteiger partial charge in [0.05, 0.1) is 16.8 Å². The van der Waals surface area contributed by atoms with Crippen LogP contribution in [0.3, 0.4) is 0 Å². The highest BCUT2D eigenvalue weighted by Gasteiger charge is 2.22. The Morgan fingerprint density at radius 2 is 1.81 bits per heavy atom. The summed E-state index contributed by atoms with van der Waals surface area (Å²) in [5.41, 5.74) is 2.83. The third-order valence-corrected chi connectivity index (χ3v) is 5.11. The largest absolute Gasteiger partial charge is 0.339 e. The number of carbonyl (C=O) groups excluding carboxylic acids is 1. The molecule has 0 spiro atoms. The molecule has 1 fully saturated rings. The summed E-state index contributed by atoms with van der Waals surface area (Å²) in [5.74, 6) is 1.09. The third kappa shape index (κ3) is 3.52. The van der Waals surface area contributed by atoms with E-state index < -0.39 is 0 Å². The first-order chi connectivity index (χ1) is 13.0.